The molecule has 4 rings (SSSR count). The van der Waals surface area contributed by atoms with Gasteiger partial charge < -0.3 is 16.0 Å². The van der Waals surface area contributed by atoms with Gasteiger partial charge in [-0.25, -0.2) is 4.79 Å². The fourth-order valence-electron chi connectivity index (χ4n) is 3.77. The van der Waals surface area contributed by atoms with Gasteiger partial charge in [-0.3, -0.25) is 4.98 Å². The van der Waals surface area contributed by atoms with E-state index in [4.69, 9.17) is 23.2 Å². The lowest BCUT2D eigenvalue weighted by Crippen LogP contribution is -2.42. The van der Waals surface area contributed by atoms with Crippen molar-refractivity contribution in [2.45, 2.75) is 37.8 Å². The van der Waals surface area contributed by atoms with Crippen LogP contribution in [0.25, 0.3) is 10.9 Å². The molecule has 1 aromatic heterocycles. The van der Waals surface area contributed by atoms with Crippen LogP contribution in [0.1, 0.15) is 25.7 Å². The van der Waals surface area contributed by atoms with Crippen LogP contribution in [0.15, 0.2) is 54.7 Å². The molecule has 0 spiro atoms. The molecule has 1 fully saturated rings. The van der Waals surface area contributed by atoms with Gasteiger partial charge in [-0.2, -0.15) is 0 Å². The van der Waals surface area contributed by atoms with Crippen LogP contribution in [-0.2, 0) is 0 Å². The minimum absolute atomic E-state index is 0.167. The van der Waals surface area contributed by atoms with E-state index in [0.717, 1.165) is 42.3 Å². The van der Waals surface area contributed by atoms with Crippen LogP contribution in [0.3, 0.4) is 0 Å². The van der Waals surface area contributed by atoms with E-state index in [2.05, 4.69) is 20.9 Å². The number of hydrogen-bond acceptors (Lipinski definition) is 3. The van der Waals surface area contributed by atoms with Crippen LogP contribution in [-0.4, -0.2) is 23.1 Å². The summed E-state index contributed by atoms with van der Waals surface area (Å²) >= 11 is 12.0. The van der Waals surface area contributed by atoms with E-state index in [1.165, 1.54) is 0 Å². The van der Waals surface area contributed by atoms with Crippen molar-refractivity contribution in [3.8, 4) is 0 Å². The van der Waals surface area contributed by atoms with Crippen molar-refractivity contribution in [1.82, 2.24) is 10.3 Å². The van der Waals surface area contributed by atoms with Crippen molar-refractivity contribution in [2.75, 3.05) is 10.6 Å². The van der Waals surface area contributed by atoms with Crippen molar-refractivity contribution in [1.29, 1.82) is 0 Å². The first-order chi connectivity index (χ1) is 14.1. The quantitative estimate of drug-likeness (QED) is 0.471. The summed E-state index contributed by atoms with van der Waals surface area (Å²) in [6, 6.07) is 15.2. The molecule has 3 N–H and O–H groups in total. The van der Waals surface area contributed by atoms with Gasteiger partial charge in [0, 0.05) is 45.1 Å². The Balaban J connectivity index is 1.30. The number of pyridine rings is 1. The van der Waals surface area contributed by atoms with Crippen molar-refractivity contribution >= 4 is 51.5 Å². The van der Waals surface area contributed by atoms with Gasteiger partial charge in [0.15, 0.2) is 0 Å². The Morgan fingerprint density at radius 2 is 1.69 bits per heavy atom. The lowest BCUT2D eigenvalue weighted by atomic mass is 9.91. The third-order valence-electron chi connectivity index (χ3n) is 5.21. The minimum atomic E-state index is -0.194. The maximum atomic E-state index is 12.2. The van der Waals surface area contributed by atoms with Gasteiger partial charge in [-0.15, -0.1) is 0 Å². The lowest BCUT2D eigenvalue weighted by molar-refractivity contribution is 0.243. The SMILES string of the molecule is O=C(Nc1cccc(Cl)c1)N[C@H]1CC[C@@H](Nc2ccnc3cc(Cl)ccc23)CC1. The zero-order chi connectivity index (χ0) is 20.2. The van der Waals surface area contributed by atoms with Gasteiger partial charge in [0.1, 0.15) is 0 Å². The average molecular weight is 429 g/mol. The van der Waals surface area contributed by atoms with Crippen LogP contribution < -0.4 is 16.0 Å². The molecule has 2 aromatic carbocycles. The number of fused-ring (bicyclic) bond motifs is 1. The van der Waals surface area contributed by atoms with Gasteiger partial charge in [-0.05, 0) is 68.1 Å². The number of nitrogens with zero attached hydrogens (tertiary/aromatic N) is 1. The molecule has 0 saturated heterocycles. The summed E-state index contributed by atoms with van der Waals surface area (Å²) in [4.78, 5) is 16.6. The monoisotopic (exact) mass is 428 g/mol. The molecule has 1 heterocycles. The fraction of sp³-hybridized carbons (Fsp3) is 0.273. The number of benzene rings is 2. The summed E-state index contributed by atoms with van der Waals surface area (Å²) in [5.74, 6) is 0. The Labute approximate surface area is 179 Å². The summed E-state index contributed by atoms with van der Waals surface area (Å²) < 4.78 is 0. The number of rotatable bonds is 4. The molecule has 0 radical (unpaired) electrons. The molecule has 0 unspecified atom stereocenters. The highest BCUT2D eigenvalue weighted by atomic mass is 35.5. The Kier molecular flexibility index (Phi) is 6.07. The molecule has 2 amide bonds. The Bertz CT molecular complexity index is 1020. The largest absolute Gasteiger partial charge is 0.382 e. The molecule has 0 atom stereocenters. The standard InChI is InChI=1S/C22H22Cl2N4O/c23-14-2-1-3-18(12-14)28-22(29)27-17-7-5-16(6-8-17)26-20-10-11-25-21-13-15(24)4-9-19(20)21/h1-4,9-13,16-17H,5-8H2,(H,25,26)(H2,27,28,29)/t16-,17+. The highest BCUT2D eigenvalue weighted by Gasteiger charge is 2.23. The molecule has 5 nitrogen and oxygen atoms in total. The van der Waals surface area contributed by atoms with Crippen LogP contribution in [0.4, 0.5) is 16.2 Å². The number of aromatic nitrogens is 1. The molecular formula is C22H22Cl2N4O. The maximum Gasteiger partial charge on any atom is 0.319 e. The van der Waals surface area contributed by atoms with E-state index in [-0.39, 0.29) is 12.1 Å². The van der Waals surface area contributed by atoms with Crippen molar-refractivity contribution in [3.05, 3.63) is 64.8 Å². The van der Waals surface area contributed by atoms with Gasteiger partial charge in [0.05, 0.1) is 5.52 Å². The van der Waals surface area contributed by atoms with E-state index in [1.807, 2.05) is 36.4 Å². The number of anilines is 2. The van der Waals surface area contributed by atoms with Gasteiger partial charge >= 0.3 is 6.03 Å². The van der Waals surface area contributed by atoms with Gasteiger partial charge in [0.2, 0.25) is 0 Å². The molecule has 29 heavy (non-hydrogen) atoms. The van der Waals surface area contributed by atoms with Crippen LogP contribution in [0.2, 0.25) is 10.0 Å². The highest BCUT2D eigenvalue weighted by Crippen LogP contribution is 2.28. The minimum Gasteiger partial charge on any atom is -0.382 e. The predicted molar refractivity (Wildman–Crippen MR) is 120 cm³/mol. The van der Waals surface area contributed by atoms with E-state index >= 15 is 0 Å². The third-order valence-corrected chi connectivity index (χ3v) is 5.68. The molecule has 0 aliphatic heterocycles. The molecule has 1 aliphatic carbocycles. The second-order valence-corrected chi connectivity index (χ2v) is 8.19. The fourth-order valence-corrected chi connectivity index (χ4v) is 4.12. The molecular weight excluding hydrogens is 407 g/mol. The summed E-state index contributed by atoms with van der Waals surface area (Å²) in [5.41, 5.74) is 2.65. The molecule has 1 aliphatic rings. The van der Waals surface area contributed by atoms with Crippen molar-refractivity contribution < 1.29 is 4.79 Å². The normalized spacial score (nSPS) is 19.0. The maximum absolute atomic E-state index is 12.2. The lowest BCUT2D eigenvalue weighted by Gasteiger charge is -2.30. The third kappa shape index (κ3) is 5.11. The number of carbonyl (C=O) groups excluding carboxylic acids is 1. The first-order valence-electron chi connectivity index (χ1n) is 9.71. The molecule has 1 saturated carbocycles. The molecule has 7 heteroatoms. The Morgan fingerprint density at radius 1 is 0.931 bits per heavy atom. The summed E-state index contributed by atoms with van der Waals surface area (Å²) in [7, 11) is 0. The number of amides is 2. The summed E-state index contributed by atoms with van der Waals surface area (Å²) in [6.07, 6.45) is 5.62. The predicted octanol–water partition coefficient (Wildman–Crippen LogP) is 6.09. The zero-order valence-electron chi connectivity index (χ0n) is 15.8. The number of urea groups is 1. The smallest absolute Gasteiger partial charge is 0.319 e. The van der Waals surface area contributed by atoms with E-state index in [1.54, 1.807) is 18.3 Å². The average Bonchev–Trinajstić information content (AvgIpc) is 2.69. The van der Waals surface area contributed by atoms with Crippen LogP contribution in [0, 0.1) is 0 Å². The van der Waals surface area contributed by atoms with E-state index in [0.29, 0.717) is 21.8 Å². The summed E-state index contributed by atoms with van der Waals surface area (Å²) in [5, 5.41) is 11.9. The van der Waals surface area contributed by atoms with Crippen molar-refractivity contribution in [3.63, 3.8) is 0 Å². The molecule has 150 valence electrons. The second-order valence-electron chi connectivity index (χ2n) is 7.32. The first kappa shape index (κ1) is 19.8. The number of halogens is 2. The summed E-state index contributed by atoms with van der Waals surface area (Å²) in [6.45, 7) is 0. The van der Waals surface area contributed by atoms with E-state index < -0.39 is 0 Å². The number of carbonyl (C=O) groups is 1. The highest BCUT2D eigenvalue weighted by molar-refractivity contribution is 6.31. The van der Waals surface area contributed by atoms with Crippen molar-refractivity contribution in [2.24, 2.45) is 0 Å². The van der Waals surface area contributed by atoms with Crippen LogP contribution >= 0.6 is 23.2 Å². The zero-order valence-corrected chi connectivity index (χ0v) is 17.3. The van der Waals surface area contributed by atoms with Gasteiger partial charge in [0.25, 0.3) is 0 Å². The van der Waals surface area contributed by atoms with Gasteiger partial charge in [-0.1, -0.05) is 29.3 Å². The first-order valence-corrected chi connectivity index (χ1v) is 10.5. The number of hydrogen-bond donors (Lipinski definition) is 3. The van der Waals surface area contributed by atoms with Crippen LogP contribution in [0.5, 0.6) is 0 Å². The molecule has 0 bridgehead atoms. The Hall–Kier alpha value is -2.50. The van der Waals surface area contributed by atoms with E-state index in [9.17, 15) is 4.79 Å². The Morgan fingerprint density at radius 3 is 2.48 bits per heavy atom. The topological polar surface area (TPSA) is 66.1 Å². The second kappa shape index (κ2) is 8.89. The molecule has 3 aromatic rings. The number of nitrogens with one attached hydrogen (secondary N) is 3.